The Balaban J connectivity index is 0.000000628. The van der Waals surface area contributed by atoms with Gasteiger partial charge in [-0.3, -0.25) is 14.5 Å². The van der Waals surface area contributed by atoms with Crippen LogP contribution in [0.5, 0.6) is 5.75 Å². The highest BCUT2D eigenvalue weighted by atomic mass is 16.5. The zero-order valence-corrected chi connectivity index (χ0v) is 24.3. The Bertz CT molecular complexity index is 1130. The number of methoxy groups -OCH3 is 2. The Hall–Kier alpha value is -3.04. The quantitative estimate of drug-likeness (QED) is 0.311. The summed E-state index contributed by atoms with van der Waals surface area (Å²) in [5.74, 6) is 0.766. The van der Waals surface area contributed by atoms with E-state index in [9.17, 15) is 9.59 Å². The summed E-state index contributed by atoms with van der Waals surface area (Å²) in [6.45, 7) is 14.4. The van der Waals surface area contributed by atoms with Crippen molar-refractivity contribution < 1.29 is 28.5 Å². The van der Waals surface area contributed by atoms with E-state index in [1.807, 2.05) is 68.8 Å². The van der Waals surface area contributed by atoms with Crippen molar-refractivity contribution in [3.05, 3.63) is 65.4 Å². The molecule has 1 aliphatic heterocycles. The summed E-state index contributed by atoms with van der Waals surface area (Å²) in [6.07, 6.45) is 3.58. The molecular formula is C32H48N2O6. The number of carbonyl (C=O) groups is 2. The molecule has 8 nitrogen and oxygen atoms in total. The van der Waals surface area contributed by atoms with Gasteiger partial charge in [0, 0.05) is 75.2 Å². The number of aldehydes is 2. The van der Waals surface area contributed by atoms with Gasteiger partial charge in [0.05, 0.1) is 18.8 Å². The molecule has 1 fully saturated rings. The van der Waals surface area contributed by atoms with E-state index >= 15 is 0 Å². The first-order valence-corrected chi connectivity index (χ1v) is 13.3. The number of fused-ring (bicyclic) bond motifs is 1. The summed E-state index contributed by atoms with van der Waals surface area (Å²) in [6, 6.07) is 13.3. The molecule has 1 saturated heterocycles. The Labute approximate surface area is 240 Å². The molecule has 2 heterocycles. The molecule has 0 bridgehead atoms. The third-order valence-electron chi connectivity index (χ3n) is 6.16. The van der Waals surface area contributed by atoms with Gasteiger partial charge in [-0.1, -0.05) is 31.7 Å². The normalized spacial score (nSPS) is 13.2. The molecule has 40 heavy (non-hydrogen) atoms. The number of hydrogen-bond acceptors (Lipinski definition) is 7. The molecule has 0 aliphatic carbocycles. The standard InChI is InChI=1S/C23H24N2O4.C5H12O.C3H8O.CH4/c26-16-19-3-1-18(2-4-19)14-25-15-20(17-27)22-13-21(5-6-23(22)25)29-12-9-24-7-10-28-11-8-24;1-5(2,3)6-4;1-3-4-2;/h1-6,13,15-17H,7-12,14H2;1-4H3;3H2,1-2H3;1H4. The number of ether oxygens (including phenoxy) is 4. The maximum Gasteiger partial charge on any atom is 0.152 e. The molecule has 1 aliphatic rings. The summed E-state index contributed by atoms with van der Waals surface area (Å²) in [5.41, 5.74) is 3.38. The largest absolute Gasteiger partial charge is 0.492 e. The third kappa shape index (κ3) is 12.0. The second-order valence-electron chi connectivity index (χ2n) is 10.1. The Morgan fingerprint density at radius 1 is 0.975 bits per heavy atom. The monoisotopic (exact) mass is 556 g/mol. The Morgan fingerprint density at radius 3 is 2.12 bits per heavy atom. The number of benzene rings is 2. The fourth-order valence-corrected chi connectivity index (χ4v) is 3.63. The first-order chi connectivity index (χ1) is 18.7. The van der Waals surface area contributed by atoms with Crippen LogP contribution < -0.4 is 4.74 Å². The van der Waals surface area contributed by atoms with Gasteiger partial charge in [0.25, 0.3) is 0 Å². The van der Waals surface area contributed by atoms with Crippen molar-refractivity contribution in [1.29, 1.82) is 0 Å². The van der Waals surface area contributed by atoms with Gasteiger partial charge < -0.3 is 23.5 Å². The smallest absolute Gasteiger partial charge is 0.152 e. The fraction of sp³-hybridized carbons (Fsp3) is 0.500. The van der Waals surface area contributed by atoms with Crippen LogP contribution in [0.1, 0.15) is 61.4 Å². The van der Waals surface area contributed by atoms with Crippen LogP contribution in [0.15, 0.2) is 48.7 Å². The summed E-state index contributed by atoms with van der Waals surface area (Å²) < 4.78 is 22.8. The summed E-state index contributed by atoms with van der Waals surface area (Å²) >= 11 is 0. The van der Waals surface area contributed by atoms with Crippen molar-refractivity contribution in [3.63, 3.8) is 0 Å². The number of morpholine rings is 1. The minimum atomic E-state index is 0. The highest BCUT2D eigenvalue weighted by molar-refractivity contribution is 5.98. The van der Waals surface area contributed by atoms with Gasteiger partial charge in [0.15, 0.2) is 6.29 Å². The van der Waals surface area contributed by atoms with Crippen LogP contribution in [-0.2, 0) is 20.8 Å². The molecule has 1 aromatic heterocycles. The van der Waals surface area contributed by atoms with Crippen LogP contribution in [0.25, 0.3) is 10.9 Å². The molecule has 222 valence electrons. The molecule has 3 aromatic rings. The Morgan fingerprint density at radius 2 is 1.60 bits per heavy atom. The lowest BCUT2D eigenvalue weighted by molar-refractivity contribution is 0.0322. The molecular weight excluding hydrogens is 508 g/mol. The fourth-order valence-electron chi connectivity index (χ4n) is 3.63. The van der Waals surface area contributed by atoms with Crippen molar-refractivity contribution in [2.45, 2.75) is 47.3 Å². The number of aromatic nitrogens is 1. The third-order valence-corrected chi connectivity index (χ3v) is 6.16. The number of carbonyl (C=O) groups excluding carboxylic acids is 2. The maximum atomic E-state index is 11.6. The van der Waals surface area contributed by atoms with E-state index < -0.39 is 0 Å². The predicted octanol–water partition coefficient (Wildman–Crippen LogP) is 5.75. The minimum absolute atomic E-state index is 0. The molecule has 8 heteroatoms. The van der Waals surface area contributed by atoms with Crippen LogP contribution in [0.2, 0.25) is 0 Å². The van der Waals surface area contributed by atoms with E-state index in [0.717, 1.165) is 74.2 Å². The molecule has 0 spiro atoms. The van der Waals surface area contributed by atoms with Crippen LogP contribution in [0.4, 0.5) is 0 Å². The van der Waals surface area contributed by atoms with E-state index in [1.54, 1.807) is 26.4 Å². The molecule has 0 unspecified atom stereocenters. The summed E-state index contributed by atoms with van der Waals surface area (Å²) in [4.78, 5) is 24.7. The van der Waals surface area contributed by atoms with Crippen LogP contribution in [-0.4, -0.2) is 87.9 Å². The van der Waals surface area contributed by atoms with Gasteiger partial charge in [-0.2, -0.15) is 0 Å². The maximum absolute atomic E-state index is 11.6. The molecule has 4 rings (SSSR count). The lowest BCUT2D eigenvalue weighted by Crippen LogP contribution is -2.38. The first kappa shape index (κ1) is 35.0. The lowest BCUT2D eigenvalue weighted by Gasteiger charge is -2.26. The van der Waals surface area contributed by atoms with Gasteiger partial charge in [-0.25, -0.2) is 0 Å². The second-order valence-corrected chi connectivity index (χ2v) is 10.1. The summed E-state index contributed by atoms with van der Waals surface area (Å²) in [7, 11) is 3.39. The molecule has 0 atom stereocenters. The van der Waals surface area contributed by atoms with Crippen molar-refractivity contribution in [2.75, 3.05) is 60.3 Å². The number of nitrogens with zero attached hydrogens (tertiary/aromatic N) is 2. The van der Waals surface area contributed by atoms with Gasteiger partial charge in [0.1, 0.15) is 18.6 Å². The van der Waals surface area contributed by atoms with Gasteiger partial charge >= 0.3 is 0 Å². The lowest BCUT2D eigenvalue weighted by atomic mass is 10.1. The number of rotatable bonds is 9. The average molecular weight is 557 g/mol. The van der Waals surface area contributed by atoms with Gasteiger partial charge in [0.2, 0.25) is 0 Å². The van der Waals surface area contributed by atoms with Crippen LogP contribution >= 0.6 is 0 Å². The molecule has 0 saturated carbocycles. The van der Waals surface area contributed by atoms with E-state index in [1.165, 1.54) is 0 Å². The Kier molecular flexibility index (Phi) is 16.0. The van der Waals surface area contributed by atoms with Gasteiger partial charge in [-0.05, 0) is 51.5 Å². The molecule has 0 amide bonds. The predicted molar refractivity (Wildman–Crippen MR) is 162 cm³/mol. The SMILES string of the molecule is C.CCOC.COC(C)(C)C.O=Cc1ccc(Cn2cc(C=O)c3cc(OCCN4CCOCC4)ccc32)cc1. The zero-order valence-electron chi connectivity index (χ0n) is 24.3. The van der Waals surface area contributed by atoms with E-state index in [0.29, 0.717) is 24.3 Å². The topological polar surface area (TPSA) is 79.2 Å². The summed E-state index contributed by atoms with van der Waals surface area (Å²) in [5, 5.41) is 0.883. The van der Waals surface area contributed by atoms with Gasteiger partial charge in [-0.15, -0.1) is 0 Å². The van der Waals surface area contributed by atoms with E-state index in [2.05, 4.69) is 9.64 Å². The van der Waals surface area contributed by atoms with Crippen LogP contribution in [0, 0.1) is 0 Å². The average Bonchev–Trinajstić information content (AvgIpc) is 3.30. The van der Waals surface area contributed by atoms with Crippen molar-refractivity contribution >= 4 is 23.5 Å². The number of hydrogen-bond donors (Lipinski definition) is 0. The molecule has 2 aromatic carbocycles. The molecule has 0 N–H and O–H groups in total. The highest BCUT2D eigenvalue weighted by Crippen LogP contribution is 2.26. The van der Waals surface area contributed by atoms with E-state index in [4.69, 9.17) is 14.2 Å². The minimum Gasteiger partial charge on any atom is -0.492 e. The van der Waals surface area contributed by atoms with Crippen molar-refractivity contribution in [1.82, 2.24) is 9.47 Å². The van der Waals surface area contributed by atoms with Crippen molar-refractivity contribution in [2.24, 2.45) is 0 Å². The van der Waals surface area contributed by atoms with E-state index in [-0.39, 0.29) is 13.0 Å². The van der Waals surface area contributed by atoms with Crippen LogP contribution in [0.3, 0.4) is 0 Å². The van der Waals surface area contributed by atoms with Crippen molar-refractivity contribution in [3.8, 4) is 5.75 Å². The highest BCUT2D eigenvalue weighted by Gasteiger charge is 2.12. The molecule has 0 radical (unpaired) electrons. The first-order valence-electron chi connectivity index (χ1n) is 13.3. The second kappa shape index (κ2) is 18.3. The zero-order chi connectivity index (χ0) is 28.7.